The molecule has 0 bridgehead atoms. The lowest BCUT2D eigenvalue weighted by Crippen LogP contribution is -2.09. The molecule has 24 heavy (non-hydrogen) atoms. The third-order valence-electron chi connectivity index (χ3n) is 3.80. The van der Waals surface area contributed by atoms with Gasteiger partial charge in [0.2, 0.25) is 5.91 Å². The van der Waals surface area contributed by atoms with Crippen LogP contribution in [-0.2, 0) is 4.79 Å². The molecule has 4 nitrogen and oxygen atoms in total. The molecule has 0 aliphatic heterocycles. The molecule has 0 atom stereocenters. The molecule has 1 N–H and O–H groups in total. The number of anilines is 1. The van der Waals surface area contributed by atoms with Crippen molar-refractivity contribution in [2.75, 3.05) is 12.4 Å². The number of fused-ring (bicyclic) bond motifs is 1. The highest BCUT2D eigenvalue weighted by molar-refractivity contribution is 6.02. The molecule has 4 heteroatoms. The molecule has 122 valence electrons. The van der Waals surface area contributed by atoms with E-state index in [9.17, 15) is 4.79 Å². The molecule has 0 fully saturated rings. The summed E-state index contributed by atoms with van der Waals surface area (Å²) < 4.78 is 11.0. The van der Waals surface area contributed by atoms with Crippen molar-refractivity contribution in [2.24, 2.45) is 0 Å². The van der Waals surface area contributed by atoms with Gasteiger partial charge in [0.05, 0.1) is 7.11 Å². The fourth-order valence-corrected chi connectivity index (χ4v) is 2.50. The minimum Gasteiger partial charge on any atom is -0.493 e. The summed E-state index contributed by atoms with van der Waals surface area (Å²) in [5, 5.41) is 3.82. The van der Waals surface area contributed by atoms with Crippen molar-refractivity contribution in [2.45, 2.75) is 13.8 Å². The summed E-state index contributed by atoms with van der Waals surface area (Å²) in [5.74, 6) is 1.08. The molecule has 0 unspecified atom stereocenters. The monoisotopic (exact) mass is 321 g/mol. The van der Waals surface area contributed by atoms with Gasteiger partial charge in [-0.25, -0.2) is 0 Å². The third kappa shape index (κ3) is 3.33. The normalized spacial score (nSPS) is 11.1. The summed E-state index contributed by atoms with van der Waals surface area (Å²) in [6.07, 6.45) is 3.12. The summed E-state index contributed by atoms with van der Waals surface area (Å²) in [6.45, 7) is 3.96. The first-order valence-electron chi connectivity index (χ1n) is 7.69. The fraction of sp³-hybridized carbons (Fsp3) is 0.150. The van der Waals surface area contributed by atoms with Crippen LogP contribution in [0.5, 0.6) is 5.75 Å². The molecule has 0 saturated carbocycles. The lowest BCUT2D eigenvalue weighted by atomic mass is 10.1. The highest BCUT2D eigenvalue weighted by Crippen LogP contribution is 2.28. The summed E-state index contributed by atoms with van der Waals surface area (Å²) in [7, 11) is 1.60. The van der Waals surface area contributed by atoms with Crippen LogP contribution in [0.4, 0.5) is 5.69 Å². The lowest BCUT2D eigenvalue weighted by Gasteiger charge is -2.07. The van der Waals surface area contributed by atoms with Crippen molar-refractivity contribution < 1.29 is 13.9 Å². The molecule has 1 amide bonds. The van der Waals surface area contributed by atoms with Gasteiger partial charge in [0.15, 0.2) is 11.3 Å². The molecule has 3 rings (SSSR count). The fourth-order valence-electron chi connectivity index (χ4n) is 2.50. The van der Waals surface area contributed by atoms with Gasteiger partial charge in [0.1, 0.15) is 5.76 Å². The number of benzene rings is 2. The highest BCUT2D eigenvalue weighted by Gasteiger charge is 2.07. The van der Waals surface area contributed by atoms with Gasteiger partial charge in [-0.2, -0.15) is 0 Å². The first kappa shape index (κ1) is 15.9. The second-order valence-corrected chi connectivity index (χ2v) is 5.67. The first-order valence-corrected chi connectivity index (χ1v) is 7.69. The van der Waals surface area contributed by atoms with Crippen molar-refractivity contribution in [3.05, 3.63) is 65.4 Å². The van der Waals surface area contributed by atoms with E-state index in [1.807, 2.05) is 56.3 Å². The van der Waals surface area contributed by atoms with Gasteiger partial charge in [-0.1, -0.05) is 24.3 Å². The number of nitrogens with one attached hydrogen (secondary N) is 1. The molecule has 0 aliphatic rings. The van der Waals surface area contributed by atoms with Crippen LogP contribution in [-0.4, -0.2) is 13.0 Å². The highest BCUT2D eigenvalue weighted by atomic mass is 16.5. The van der Waals surface area contributed by atoms with Crippen molar-refractivity contribution in [3.63, 3.8) is 0 Å². The molecule has 0 aliphatic carbocycles. The minimum absolute atomic E-state index is 0.198. The predicted molar refractivity (Wildman–Crippen MR) is 96.3 cm³/mol. The average Bonchev–Trinajstić information content (AvgIpc) is 2.99. The molecule has 0 radical (unpaired) electrons. The topological polar surface area (TPSA) is 51.5 Å². The Morgan fingerprint density at radius 3 is 2.79 bits per heavy atom. The van der Waals surface area contributed by atoms with Gasteiger partial charge in [0.25, 0.3) is 0 Å². The zero-order valence-corrected chi connectivity index (χ0v) is 13.9. The summed E-state index contributed by atoms with van der Waals surface area (Å²) in [6, 6.07) is 13.5. The maximum absolute atomic E-state index is 12.1. The molecule has 2 aromatic carbocycles. The smallest absolute Gasteiger partial charge is 0.248 e. The van der Waals surface area contributed by atoms with Crippen molar-refractivity contribution in [1.82, 2.24) is 0 Å². The maximum atomic E-state index is 12.1. The Labute approximate surface area is 140 Å². The number of ether oxygens (including phenoxy) is 1. The number of hydrogen-bond donors (Lipinski definition) is 1. The van der Waals surface area contributed by atoms with E-state index in [1.54, 1.807) is 13.2 Å². The quantitative estimate of drug-likeness (QED) is 0.708. The molecular formula is C20H19NO3. The molecule has 1 heterocycles. The maximum Gasteiger partial charge on any atom is 0.248 e. The van der Waals surface area contributed by atoms with Gasteiger partial charge in [-0.3, -0.25) is 4.79 Å². The SMILES string of the molecule is COc1cccc2cc(/C=C/C(=O)Nc3cc(C)ccc3C)oc12. The minimum atomic E-state index is -0.198. The van der Waals surface area contributed by atoms with Gasteiger partial charge < -0.3 is 14.5 Å². The van der Waals surface area contributed by atoms with E-state index in [0.717, 1.165) is 22.2 Å². The Morgan fingerprint density at radius 2 is 2.00 bits per heavy atom. The standard InChI is InChI=1S/C20H19NO3/c1-13-7-8-14(2)17(11-13)21-19(22)10-9-16-12-15-5-4-6-18(23-3)20(15)24-16/h4-12H,1-3H3,(H,21,22)/b10-9+. The van der Waals surface area contributed by atoms with E-state index < -0.39 is 0 Å². The predicted octanol–water partition coefficient (Wildman–Crippen LogP) is 4.71. The summed E-state index contributed by atoms with van der Waals surface area (Å²) >= 11 is 0. The number of carbonyl (C=O) groups excluding carboxylic acids is 1. The number of aryl methyl sites for hydroxylation is 2. The number of para-hydroxylation sites is 1. The van der Waals surface area contributed by atoms with E-state index >= 15 is 0 Å². The Hall–Kier alpha value is -3.01. The number of methoxy groups -OCH3 is 1. The second-order valence-electron chi connectivity index (χ2n) is 5.67. The van der Waals surface area contributed by atoms with Crippen LogP contribution in [0.25, 0.3) is 17.0 Å². The van der Waals surface area contributed by atoms with E-state index in [2.05, 4.69) is 5.32 Å². The number of carbonyl (C=O) groups is 1. The Balaban J connectivity index is 1.78. The van der Waals surface area contributed by atoms with E-state index in [-0.39, 0.29) is 5.91 Å². The zero-order chi connectivity index (χ0) is 17.1. The second kappa shape index (κ2) is 6.62. The molecule has 0 saturated heterocycles. The van der Waals surface area contributed by atoms with Crippen LogP contribution in [0.2, 0.25) is 0 Å². The van der Waals surface area contributed by atoms with Crippen LogP contribution >= 0.6 is 0 Å². The van der Waals surface area contributed by atoms with Crippen LogP contribution in [0.15, 0.2) is 53.0 Å². The Kier molecular flexibility index (Phi) is 4.38. The van der Waals surface area contributed by atoms with Gasteiger partial charge >= 0.3 is 0 Å². The van der Waals surface area contributed by atoms with Crippen molar-refractivity contribution in [3.8, 4) is 5.75 Å². The van der Waals surface area contributed by atoms with E-state index in [4.69, 9.17) is 9.15 Å². The number of rotatable bonds is 4. The van der Waals surface area contributed by atoms with Crippen molar-refractivity contribution >= 4 is 28.6 Å². The molecular weight excluding hydrogens is 302 g/mol. The van der Waals surface area contributed by atoms with Crippen LogP contribution in [0, 0.1) is 13.8 Å². The Morgan fingerprint density at radius 1 is 1.17 bits per heavy atom. The van der Waals surface area contributed by atoms with Crippen molar-refractivity contribution in [1.29, 1.82) is 0 Å². The van der Waals surface area contributed by atoms with Crippen LogP contribution < -0.4 is 10.1 Å². The van der Waals surface area contributed by atoms with Gasteiger partial charge in [0, 0.05) is 17.1 Å². The average molecular weight is 321 g/mol. The van der Waals surface area contributed by atoms with Gasteiger partial charge in [-0.15, -0.1) is 0 Å². The zero-order valence-electron chi connectivity index (χ0n) is 13.9. The van der Waals surface area contributed by atoms with Gasteiger partial charge in [-0.05, 0) is 49.2 Å². The van der Waals surface area contributed by atoms with E-state index in [0.29, 0.717) is 17.1 Å². The summed E-state index contributed by atoms with van der Waals surface area (Å²) in [4.78, 5) is 12.1. The molecule has 0 spiro atoms. The number of furan rings is 1. The number of hydrogen-bond acceptors (Lipinski definition) is 3. The van der Waals surface area contributed by atoms with Crippen LogP contribution in [0.3, 0.4) is 0 Å². The summed E-state index contributed by atoms with van der Waals surface area (Å²) in [5.41, 5.74) is 3.62. The first-order chi connectivity index (χ1) is 11.6. The van der Waals surface area contributed by atoms with Crippen LogP contribution in [0.1, 0.15) is 16.9 Å². The Bertz CT molecular complexity index is 922. The third-order valence-corrected chi connectivity index (χ3v) is 3.80. The van der Waals surface area contributed by atoms with E-state index in [1.165, 1.54) is 6.08 Å². The molecule has 3 aromatic rings. The molecule has 1 aromatic heterocycles. The largest absolute Gasteiger partial charge is 0.493 e. The lowest BCUT2D eigenvalue weighted by molar-refractivity contribution is -0.111. The number of amides is 1.